The highest BCUT2D eigenvalue weighted by Gasteiger charge is 2.50. The molecule has 0 aliphatic carbocycles. The standard InChI is InChI=1S/C18H30N2O2S/c1-6-17(4)14-13-15(3)18(5,7-2)20(17)19-23(21,22)16-11-9-8-10-12-16/h8-12,15,19H,6-7,13-14H2,1-5H3. The Morgan fingerprint density at radius 1 is 1.17 bits per heavy atom. The highest BCUT2D eigenvalue weighted by Crippen LogP contribution is 2.44. The fourth-order valence-corrected chi connectivity index (χ4v) is 4.91. The molecule has 2 rings (SSSR count). The van der Waals surface area contributed by atoms with Gasteiger partial charge >= 0.3 is 0 Å². The molecule has 3 unspecified atom stereocenters. The summed E-state index contributed by atoms with van der Waals surface area (Å²) in [5.41, 5.74) is -0.357. The van der Waals surface area contributed by atoms with Crippen molar-refractivity contribution in [2.75, 3.05) is 0 Å². The molecule has 130 valence electrons. The van der Waals surface area contributed by atoms with Gasteiger partial charge in [-0.15, -0.1) is 4.83 Å². The maximum absolute atomic E-state index is 12.9. The van der Waals surface area contributed by atoms with E-state index in [-0.39, 0.29) is 11.1 Å². The molecule has 0 aromatic heterocycles. The smallest absolute Gasteiger partial charge is 0.219 e. The molecule has 0 spiro atoms. The summed E-state index contributed by atoms with van der Waals surface area (Å²) in [4.78, 5) is 3.25. The van der Waals surface area contributed by atoms with E-state index in [0.29, 0.717) is 10.8 Å². The zero-order chi connectivity index (χ0) is 17.3. The van der Waals surface area contributed by atoms with E-state index in [4.69, 9.17) is 0 Å². The Hall–Kier alpha value is -0.910. The number of hydrogen-bond acceptors (Lipinski definition) is 3. The van der Waals surface area contributed by atoms with Crippen LogP contribution in [0.5, 0.6) is 0 Å². The fraction of sp³-hybridized carbons (Fsp3) is 0.667. The molecule has 1 heterocycles. The maximum Gasteiger partial charge on any atom is 0.253 e. The van der Waals surface area contributed by atoms with E-state index in [1.54, 1.807) is 24.3 Å². The maximum atomic E-state index is 12.9. The van der Waals surface area contributed by atoms with Gasteiger partial charge in [-0.05, 0) is 57.6 Å². The van der Waals surface area contributed by atoms with E-state index in [1.807, 2.05) is 11.1 Å². The van der Waals surface area contributed by atoms with Gasteiger partial charge in [0.2, 0.25) is 0 Å². The highest BCUT2D eigenvalue weighted by molar-refractivity contribution is 7.89. The molecule has 5 heteroatoms. The van der Waals surface area contributed by atoms with Gasteiger partial charge in [-0.25, -0.2) is 13.4 Å². The molecule has 1 aliphatic heterocycles. The molecular formula is C18H30N2O2S. The van der Waals surface area contributed by atoms with Crippen molar-refractivity contribution in [1.29, 1.82) is 0 Å². The fourth-order valence-electron chi connectivity index (χ4n) is 3.62. The number of hydrazine groups is 1. The van der Waals surface area contributed by atoms with Crippen LogP contribution < -0.4 is 4.83 Å². The van der Waals surface area contributed by atoms with Crippen molar-refractivity contribution in [3.63, 3.8) is 0 Å². The predicted octanol–water partition coefficient (Wildman–Crippen LogP) is 3.95. The SMILES string of the molecule is CCC1(C)CCC(C)C(C)(CC)N1NS(=O)(=O)c1ccccc1. The zero-order valence-electron chi connectivity index (χ0n) is 15.0. The molecule has 1 N–H and O–H groups in total. The van der Waals surface area contributed by atoms with E-state index in [2.05, 4.69) is 39.4 Å². The van der Waals surface area contributed by atoms with E-state index >= 15 is 0 Å². The summed E-state index contributed by atoms with van der Waals surface area (Å²) in [6.07, 6.45) is 3.93. The molecule has 23 heavy (non-hydrogen) atoms. The Kier molecular flexibility index (Phi) is 5.24. The van der Waals surface area contributed by atoms with Gasteiger partial charge in [-0.1, -0.05) is 39.0 Å². The van der Waals surface area contributed by atoms with Crippen LogP contribution in [0.25, 0.3) is 0 Å². The van der Waals surface area contributed by atoms with Crippen LogP contribution in [0.3, 0.4) is 0 Å². The zero-order valence-corrected chi connectivity index (χ0v) is 15.8. The summed E-state index contributed by atoms with van der Waals surface area (Å²) in [7, 11) is -3.57. The van der Waals surface area contributed by atoms with Crippen molar-refractivity contribution in [2.45, 2.75) is 76.3 Å². The lowest BCUT2D eigenvalue weighted by Crippen LogP contribution is -2.69. The quantitative estimate of drug-likeness (QED) is 0.884. The monoisotopic (exact) mass is 338 g/mol. The average molecular weight is 339 g/mol. The number of hydrogen-bond donors (Lipinski definition) is 1. The van der Waals surface area contributed by atoms with E-state index in [1.165, 1.54) is 0 Å². The topological polar surface area (TPSA) is 49.4 Å². The molecular weight excluding hydrogens is 308 g/mol. The van der Waals surface area contributed by atoms with Crippen LogP contribution in [0.15, 0.2) is 35.2 Å². The van der Waals surface area contributed by atoms with Gasteiger partial charge in [0, 0.05) is 11.1 Å². The summed E-state index contributed by atoms with van der Waals surface area (Å²) in [6, 6.07) is 8.62. The number of piperidine rings is 1. The van der Waals surface area contributed by atoms with Gasteiger partial charge in [-0.2, -0.15) is 0 Å². The molecule has 0 amide bonds. The van der Waals surface area contributed by atoms with Gasteiger partial charge in [0.25, 0.3) is 10.0 Å². The Morgan fingerprint density at radius 2 is 1.78 bits per heavy atom. The second-order valence-electron chi connectivity index (χ2n) is 7.24. The largest absolute Gasteiger partial charge is 0.253 e. The van der Waals surface area contributed by atoms with E-state index in [9.17, 15) is 8.42 Å². The lowest BCUT2D eigenvalue weighted by molar-refractivity contribution is -0.0996. The first-order valence-corrected chi connectivity index (χ1v) is 10.1. The molecule has 3 atom stereocenters. The number of sulfonamides is 1. The van der Waals surface area contributed by atoms with Crippen LogP contribution in [-0.2, 0) is 10.0 Å². The lowest BCUT2D eigenvalue weighted by Gasteiger charge is -2.57. The van der Waals surface area contributed by atoms with Gasteiger partial charge in [0.15, 0.2) is 0 Å². The van der Waals surface area contributed by atoms with Crippen LogP contribution in [0.1, 0.15) is 60.3 Å². The first-order chi connectivity index (χ1) is 10.7. The van der Waals surface area contributed by atoms with Crippen LogP contribution in [-0.4, -0.2) is 24.5 Å². The molecule has 0 bridgehead atoms. The first-order valence-electron chi connectivity index (χ1n) is 8.57. The minimum absolute atomic E-state index is 0.168. The number of nitrogens with one attached hydrogen (secondary N) is 1. The number of rotatable bonds is 5. The predicted molar refractivity (Wildman–Crippen MR) is 94.4 cm³/mol. The second kappa shape index (κ2) is 6.54. The number of benzene rings is 1. The summed E-state index contributed by atoms with van der Waals surface area (Å²) < 4.78 is 25.7. The molecule has 4 nitrogen and oxygen atoms in total. The van der Waals surface area contributed by atoms with Crippen molar-refractivity contribution in [2.24, 2.45) is 5.92 Å². The third-order valence-electron chi connectivity index (χ3n) is 5.97. The Labute approximate surface area is 141 Å². The summed E-state index contributed by atoms with van der Waals surface area (Å²) >= 11 is 0. The molecule has 1 aromatic rings. The molecule has 1 aliphatic rings. The summed E-state index contributed by atoms with van der Waals surface area (Å²) in [6.45, 7) is 10.8. The van der Waals surface area contributed by atoms with Gasteiger partial charge < -0.3 is 0 Å². The van der Waals surface area contributed by atoms with Crippen molar-refractivity contribution in [3.8, 4) is 0 Å². The minimum atomic E-state index is -3.57. The van der Waals surface area contributed by atoms with Crippen LogP contribution in [0.4, 0.5) is 0 Å². The Morgan fingerprint density at radius 3 is 2.30 bits per heavy atom. The van der Waals surface area contributed by atoms with Crippen LogP contribution >= 0.6 is 0 Å². The van der Waals surface area contributed by atoms with Crippen molar-refractivity contribution < 1.29 is 8.42 Å². The summed E-state index contributed by atoms with van der Waals surface area (Å²) in [5, 5.41) is 2.04. The highest BCUT2D eigenvalue weighted by atomic mass is 32.2. The van der Waals surface area contributed by atoms with Gasteiger partial charge in [0.05, 0.1) is 4.90 Å². The van der Waals surface area contributed by atoms with Crippen LogP contribution in [0, 0.1) is 5.92 Å². The molecule has 0 radical (unpaired) electrons. The van der Waals surface area contributed by atoms with E-state index in [0.717, 1.165) is 25.7 Å². The van der Waals surface area contributed by atoms with Crippen molar-refractivity contribution in [1.82, 2.24) is 9.84 Å². The van der Waals surface area contributed by atoms with Crippen LogP contribution in [0.2, 0.25) is 0 Å². The molecule has 1 aromatic carbocycles. The Balaban J connectivity index is 2.43. The van der Waals surface area contributed by atoms with Crippen molar-refractivity contribution in [3.05, 3.63) is 30.3 Å². The third-order valence-corrected chi connectivity index (χ3v) is 7.29. The lowest BCUT2D eigenvalue weighted by atomic mass is 9.71. The molecule has 1 fully saturated rings. The average Bonchev–Trinajstić information content (AvgIpc) is 2.56. The minimum Gasteiger partial charge on any atom is -0.219 e. The normalized spacial score (nSPS) is 32.8. The van der Waals surface area contributed by atoms with Crippen molar-refractivity contribution >= 4 is 10.0 Å². The Bertz CT molecular complexity index is 632. The first kappa shape index (κ1) is 18.4. The third kappa shape index (κ3) is 3.32. The molecule has 0 saturated carbocycles. The van der Waals surface area contributed by atoms with Gasteiger partial charge in [-0.3, -0.25) is 0 Å². The number of nitrogens with zero attached hydrogens (tertiary/aromatic N) is 1. The summed E-state index contributed by atoms with van der Waals surface area (Å²) in [5.74, 6) is 0.436. The second-order valence-corrected chi connectivity index (χ2v) is 8.90. The van der Waals surface area contributed by atoms with Gasteiger partial charge in [0.1, 0.15) is 0 Å². The molecule has 1 saturated heterocycles. The van der Waals surface area contributed by atoms with E-state index < -0.39 is 10.0 Å².